The minimum absolute atomic E-state index is 0.165. The number of aromatic hydroxyl groups is 1. The number of hydrogen-bond donors (Lipinski definition) is 2. The maximum atomic E-state index is 11.3. The predicted octanol–water partition coefficient (Wildman–Crippen LogP) is 6.16. The fourth-order valence-corrected chi connectivity index (χ4v) is 5.14. The normalized spacial score (nSPS) is 11.7. The lowest BCUT2D eigenvalue weighted by atomic mass is 9.97. The molecular weight excluding hydrogens is 667 g/mol. The third-order valence-electron chi connectivity index (χ3n) is 7.09. The molecule has 0 saturated carbocycles. The number of hydrogen-bond acceptors (Lipinski definition) is 9. The van der Waals surface area contributed by atoms with Gasteiger partial charge in [-0.25, -0.2) is 4.58 Å². The van der Waals surface area contributed by atoms with E-state index in [0.717, 1.165) is 22.5 Å². The van der Waals surface area contributed by atoms with Gasteiger partial charge in [0.1, 0.15) is 40.0 Å². The molecule has 2 N–H and O–H groups in total. The molecule has 1 aliphatic rings. The van der Waals surface area contributed by atoms with Gasteiger partial charge in [0, 0.05) is 30.4 Å². The number of allylic oxidation sites excluding steroid dienone is 2. The molecule has 0 saturated heterocycles. The lowest BCUT2D eigenvalue weighted by molar-refractivity contribution is -0.505. The summed E-state index contributed by atoms with van der Waals surface area (Å²) >= 11 is 10.9. The van der Waals surface area contributed by atoms with Crippen molar-refractivity contribution in [1.29, 1.82) is 10.5 Å². The molecule has 0 radical (unpaired) electrons. The molecule has 10 nitrogen and oxygen atoms in total. The molecule has 0 aromatic heterocycles. The Morgan fingerprint density at radius 3 is 1.86 bits per heavy atom. The first-order valence-corrected chi connectivity index (χ1v) is 15.4. The molecule has 0 atom stereocenters. The maximum Gasteiger partial charge on any atom is 0.207 e. The summed E-state index contributed by atoms with van der Waals surface area (Å²) in [7, 11) is 4.86. The number of phenols is 1. The van der Waals surface area contributed by atoms with Gasteiger partial charge in [0.15, 0.2) is 18.8 Å². The van der Waals surface area contributed by atoms with E-state index in [9.17, 15) is 15.3 Å². The van der Waals surface area contributed by atoms with E-state index in [1.54, 1.807) is 21.3 Å². The van der Waals surface area contributed by atoms with E-state index >= 15 is 0 Å². The molecule has 3 rings (SSSR count). The number of anilines is 1. The molecule has 0 amide bonds. The van der Waals surface area contributed by atoms with Crippen molar-refractivity contribution in [3.05, 3.63) is 124 Å². The van der Waals surface area contributed by atoms with Crippen LogP contribution >= 0.6 is 23.2 Å². The standard InChI is InChI=1S/C29H37N2O4.C8H2Cl2N2O2/c1-8-12-30(13-9-2)23-16-22(21-32)25(27(17-23)33-5)20-26-28(34-6)18-24(19-29(26)35-7)31(14-10-3)15-11-4;9-5-6(10)8(14)4(2-12)3(1-11)7(5)13/h8-11,16-20,32H,1-4,12-15,21H2,5-7H3;13-14H/q+1;/p-1. The van der Waals surface area contributed by atoms with Crippen LogP contribution in [0, 0.1) is 22.7 Å². The minimum Gasteiger partial charge on any atom is -0.871 e. The van der Waals surface area contributed by atoms with Crippen LogP contribution in [0.2, 0.25) is 10.0 Å². The lowest BCUT2D eigenvalue weighted by Crippen LogP contribution is -2.23. The van der Waals surface area contributed by atoms with Crippen LogP contribution < -0.4 is 14.7 Å². The highest BCUT2D eigenvalue weighted by Gasteiger charge is 2.25. The Morgan fingerprint density at radius 1 is 0.878 bits per heavy atom. The molecule has 0 heterocycles. The van der Waals surface area contributed by atoms with E-state index in [2.05, 4.69) is 35.8 Å². The van der Waals surface area contributed by atoms with E-state index in [1.165, 1.54) is 12.1 Å². The van der Waals surface area contributed by atoms with Crippen molar-refractivity contribution < 1.29 is 34.1 Å². The molecule has 2 aromatic rings. The van der Waals surface area contributed by atoms with Crippen LogP contribution in [0.15, 0.2) is 92.0 Å². The Morgan fingerprint density at radius 2 is 1.43 bits per heavy atom. The third kappa shape index (κ3) is 9.37. The Bertz CT molecular complexity index is 1690. The molecule has 0 aliphatic heterocycles. The van der Waals surface area contributed by atoms with Crippen LogP contribution in [0.25, 0.3) is 6.08 Å². The van der Waals surface area contributed by atoms with Gasteiger partial charge in [-0.1, -0.05) is 54.3 Å². The summed E-state index contributed by atoms with van der Waals surface area (Å²) < 4.78 is 19.4. The lowest BCUT2D eigenvalue weighted by Gasteiger charge is -2.24. The predicted molar refractivity (Wildman–Crippen MR) is 192 cm³/mol. The number of halogens is 2. The van der Waals surface area contributed by atoms with Gasteiger partial charge in [-0.3, -0.25) is 0 Å². The van der Waals surface area contributed by atoms with Crippen molar-refractivity contribution in [1.82, 2.24) is 0 Å². The third-order valence-corrected chi connectivity index (χ3v) is 7.91. The number of nitriles is 2. The second kappa shape index (κ2) is 19.4. The fraction of sp³-hybridized carbons (Fsp3) is 0.216. The number of benzene rings is 2. The molecular formula is C37H38Cl2N4O6. The first-order chi connectivity index (χ1) is 23.5. The Labute approximate surface area is 297 Å². The first kappa shape index (κ1) is 39.8. The molecule has 12 heteroatoms. The zero-order valence-electron chi connectivity index (χ0n) is 27.6. The summed E-state index contributed by atoms with van der Waals surface area (Å²) in [5.74, 6) is 0.390. The summed E-state index contributed by atoms with van der Waals surface area (Å²) in [4.78, 5) is 2.09. The molecule has 256 valence electrons. The highest BCUT2D eigenvalue weighted by molar-refractivity contribution is 6.44. The molecule has 0 bridgehead atoms. The number of aliphatic hydroxyl groups is 1. The van der Waals surface area contributed by atoms with E-state index in [0.29, 0.717) is 49.0 Å². The van der Waals surface area contributed by atoms with E-state index < -0.39 is 32.7 Å². The number of ether oxygens (including phenoxy) is 3. The Hall–Kier alpha value is -5.39. The van der Waals surface area contributed by atoms with Gasteiger partial charge in [0.05, 0.1) is 56.2 Å². The monoisotopic (exact) mass is 704 g/mol. The Balaban J connectivity index is 0.000000495. The fourth-order valence-electron chi connectivity index (χ4n) is 4.77. The summed E-state index contributed by atoms with van der Waals surface area (Å²) in [6.07, 6.45) is 13.2. The van der Waals surface area contributed by atoms with Crippen molar-refractivity contribution in [2.24, 2.45) is 0 Å². The second-order valence-electron chi connectivity index (χ2n) is 10.0. The Kier molecular flexibility index (Phi) is 15.8. The van der Waals surface area contributed by atoms with Crippen molar-refractivity contribution in [3.63, 3.8) is 0 Å². The van der Waals surface area contributed by atoms with Crippen molar-refractivity contribution in [2.75, 3.05) is 52.4 Å². The molecule has 0 spiro atoms. The van der Waals surface area contributed by atoms with E-state index in [4.69, 9.17) is 47.9 Å². The number of phenolic OH excluding ortho intramolecular Hbond substituents is 1. The van der Waals surface area contributed by atoms with Crippen molar-refractivity contribution >= 4 is 40.7 Å². The minimum atomic E-state index is -0.853. The average molecular weight is 706 g/mol. The average Bonchev–Trinajstić information content (AvgIpc) is 3.12. The van der Waals surface area contributed by atoms with Crippen LogP contribution in [0.4, 0.5) is 5.69 Å². The maximum absolute atomic E-state index is 11.3. The van der Waals surface area contributed by atoms with Gasteiger partial charge in [-0.05, 0) is 29.9 Å². The van der Waals surface area contributed by atoms with Crippen LogP contribution in [0.1, 0.15) is 22.3 Å². The number of rotatable bonds is 14. The van der Waals surface area contributed by atoms with E-state index in [-0.39, 0.29) is 6.61 Å². The summed E-state index contributed by atoms with van der Waals surface area (Å²) in [6.45, 7) is 17.8. The highest BCUT2D eigenvalue weighted by Crippen LogP contribution is 2.42. The van der Waals surface area contributed by atoms with Crippen LogP contribution in [-0.4, -0.2) is 68.0 Å². The molecule has 49 heavy (non-hydrogen) atoms. The molecule has 1 aliphatic carbocycles. The quantitative estimate of drug-likeness (QED) is 0.174. The molecule has 0 unspecified atom stereocenters. The summed E-state index contributed by atoms with van der Waals surface area (Å²) in [6, 6.07) is 6.89. The van der Waals surface area contributed by atoms with E-state index in [1.807, 2.05) is 54.7 Å². The largest absolute Gasteiger partial charge is 0.871 e. The van der Waals surface area contributed by atoms with Crippen LogP contribution in [0.3, 0.4) is 0 Å². The molecule has 0 fully saturated rings. The number of aliphatic hydroxyl groups excluding tert-OH is 1. The van der Waals surface area contributed by atoms with Gasteiger partial charge in [-0.2, -0.15) is 10.5 Å². The van der Waals surface area contributed by atoms with Gasteiger partial charge >= 0.3 is 0 Å². The van der Waals surface area contributed by atoms with Gasteiger partial charge in [0.25, 0.3) is 0 Å². The SMILES string of the molecule is C=CCN(CC=C)c1cc(CO)c(C=C2C(OC)=CC(=[N+](CC=C)CC=C)C=C2OC)c(OC)c1.N#Cc1c([O-])c(Cl)c(Cl)c(O)c1C#N. The molecule has 2 aromatic carbocycles. The van der Waals surface area contributed by atoms with Crippen molar-refractivity contribution in [3.8, 4) is 29.4 Å². The van der Waals surface area contributed by atoms with Gasteiger partial charge in [0.2, 0.25) is 5.71 Å². The zero-order chi connectivity index (χ0) is 36.7. The first-order valence-electron chi connectivity index (χ1n) is 14.6. The van der Waals surface area contributed by atoms with Crippen LogP contribution in [-0.2, 0) is 16.1 Å². The second-order valence-corrected chi connectivity index (χ2v) is 10.8. The highest BCUT2D eigenvalue weighted by atomic mass is 35.5. The van der Waals surface area contributed by atoms with Crippen LogP contribution in [0.5, 0.6) is 17.2 Å². The summed E-state index contributed by atoms with van der Waals surface area (Å²) in [5, 5.41) is 47.0. The zero-order valence-corrected chi connectivity index (χ0v) is 29.1. The van der Waals surface area contributed by atoms with Crippen molar-refractivity contribution in [2.45, 2.75) is 6.61 Å². The van der Waals surface area contributed by atoms with Gasteiger partial charge < -0.3 is 34.4 Å². The smallest absolute Gasteiger partial charge is 0.207 e. The summed E-state index contributed by atoms with van der Waals surface area (Å²) in [5.41, 5.74) is 3.07. The number of nitrogens with zero attached hydrogens (tertiary/aromatic N) is 4. The van der Waals surface area contributed by atoms with Gasteiger partial charge in [-0.15, -0.1) is 13.2 Å². The number of methoxy groups -OCH3 is 3. The topological polar surface area (TPSA) is 145 Å².